The molecule has 1 aromatic carbocycles. The lowest BCUT2D eigenvalue weighted by Crippen LogP contribution is -2.40. The van der Waals surface area contributed by atoms with E-state index in [4.69, 9.17) is 14.5 Å². The zero-order valence-corrected chi connectivity index (χ0v) is 16.5. The van der Waals surface area contributed by atoms with E-state index in [1.807, 2.05) is 0 Å². The van der Waals surface area contributed by atoms with E-state index in [-0.39, 0.29) is 0 Å². The van der Waals surface area contributed by atoms with Crippen LogP contribution >= 0.6 is 0 Å². The molecule has 1 unspecified atom stereocenters. The van der Waals surface area contributed by atoms with Crippen molar-refractivity contribution in [2.45, 2.75) is 32.6 Å². The molecule has 1 saturated heterocycles. The summed E-state index contributed by atoms with van der Waals surface area (Å²) in [5.41, 5.74) is 1.44. The first-order valence-corrected chi connectivity index (χ1v) is 9.97. The van der Waals surface area contributed by atoms with Crippen LogP contribution in [0.5, 0.6) is 0 Å². The smallest absolute Gasteiger partial charge is 0.193 e. The van der Waals surface area contributed by atoms with Gasteiger partial charge in [0.1, 0.15) is 0 Å². The van der Waals surface area contributed by atoms with Crippen molar-refractivity contribution >= 4 is 5.96 Å². The number of nitrogens with zero attached hydrogens (tertiary/aromatic N) is 2. The summed E-state index contributed by atoms with van der Waals surface area (Å²) < 4.78 is 10.5. The average Bonchev–Trinajstić information content (AvgIpc) is 3.12. The molecule has 1 aliphatic heterocycles. The van der Waals surface area contributed by atoms with Gasteiger partial charge in [-0.25, -0.2) is 0 Å². The molecule has 26 heavy (non-hydrogen) atoms. The monoisotopic (exact) mass is 361 g/mol. The number of guanidine groups is 1. The van der Waals surface area contributed by atoms with Gasteiger partial charge in [-0.15, -0.1) is 0 Å². The van der Waals surface area contributed by atoms with Crippen molar-refractivity contribution in [3.05, 3.63) is 35.9 Å². The lowest BCUT2D eigenvalue weighted by atomic mass is 9.99. The van der Waals surface area contributed by atoms with Crippen LogP contribution in [0.25, 0.3) is 0 Å². The van der Waals surface area contributed by atoms with Gasteiger partial charge < -0.3 is 19.7 Å². The van der Waals surface area contributed by atoms with E-state index in [2.05, 4.69) is 47.5 Å². The van der Waals surface area contributed by atoms with Crippen molar-refractivity contribution in [3.63, 3.8) is 0 Å². The topological polar surface area (TPSA) is 46.1 Å². The summed E-state index contributed by atoms with van der Waals surface area (Å²) in [6.07, 6.45) is 4.51. The molecule has 1 aliphatic rings. The quantitative estimate of drug-likeness (QED) is 0.374. The van der Waals surface area contributed by atoms with Crippen molar-refractivity contribution in [1.29, 1.82) is 0 Å². The summed E-state index contributed by atoms with van der Waals surface area (Å²) in [5.74, 6) is 1.79. The van der Waals surface area contributed by atoms with Crippen LogP contribution in [-0.2, 0) is 15.9 Å². The molecule has 0 aromatic heterocycles. The highest BCUT2D eigenvalue weighted by molar-refractivity contribution is 5.80. The van der Waals surface area contributed by atoms with Crippen molar-refractivity contribution in [2.24, 2.45) is 10.9 Å². The summed E-state index contributed by atoms with van der Waals surface area (Å²) in [7, 11) is 1.70. The van der Waals surface area contributed by atoms with Gasteiger partial charge in [0.25, 0.3) is 0 Å². The first-order chi connectivity index (χ1) is 12.8. The Hall–Kier alpha value is -1.59. The molecule has 0 radical (unpaired) electrons. The average molecular weight is 362 g/mol. The number of rotatable bonds is 11. The number of unbranched alkanes of at least 4 members (excludes halogenated alkanes) is 1. The third kappa shape index (κ3) is 7.75. The van der Waals surface area contributed by atoms with Gasteiger partial charge in [-0.05, 0) is 44.1 Å². The lowest BCUT2D eigenvalue weighted by Gasteiger charge is -2.21. The molecular formula is C21H35N3O2. The van der Waals surface area contributed by atoms with Crippen LogP contribution in [0.1, 0.15) is 31.7 Å². The summed E-state index contributed by atoms with van der Waals surface area (Å²) in [5, 5.41) is 3.46. The Bertz CT molecular complexity index is 507. The first kappa shape index (κ1) is 20.7. The Labute approximate surface area is 158 Å². The number of methoxy groups -OCH3 is 1. The number of hydrogen-bond acceptors (Lipinski definition) is 3. The Morgan fingerprint density at radius 3 is 2.81 bits per heavy atom. The number of hydrogen-bond donors (Lipinski definition) is 1. The first-order valence-electron chi connectivity index (χ1n) is 9.97. The number of likely N-dealkylation sites (tertiary alicyclic amines) is 1. The number of benzene rings is 1. The standard InChI is InChI=1S/C21H35N3O2/c1-3-22-21(23-12-7-8-14-26-16-15-25-2)24-13-11-20(18-24)17-19-9-5-4-6-10-19/h4-6,9-10,20H,3,7-8,11-18H2,1-2H3,(H,22,23). The van der Waals surface area contributed by atoms with E-state index >= 15 is 0 Å². The van der Waals surface area contributed by atoms with Crippen molar-refractivity contribution in [3.8, 4) is 0 Å². The second-order valence-corrected chi connectivity index (χ2v) is 6.84. The van der Waals surface area contributed by atoms with Crippen LogP contribution in [0.15, 0.2) is 35.3 Å². The summed E-state index contributed by atoms with van der Waals surface area (Å²) >= 11 is 0. The Morgan fingerprint density at radius 2 is 2.04 bits per heavy atom. The maximum Gasteiger partial charge on any atom is 0.193 e. The maximum absolute atomic E-state index is 5.50. The molecule has 1 aromatic rings. The second kappa shape index (κ2) is 12.7. The molecule has 0 bridgehead atoms. The van der Waals surface area contributed by atoms with Gasteiger partial charge in [0.05, 0.1) is 13.2 Å². The molecule has 1 atom stereocenters. The normalized spacial score (nSPS) is 17.7. The van der Waals surface area contributed by atoms with Crippen LogP contribution in [0.3, 0.4) is 0 Å². The molecule has 0 saturated carbocycles. The van der Waals surface area contributed by atoms with Gasteiger partial charge in [0.15, 0.2) is 5.96 Å². The fraction of sp³-hybridized carbons (Fsp3) is 0.667. The van der Waals surface area contributed by atoms with Gasteiger partial charge in [-0.3, -0.25) is 4.99 Å². The van der Waals surface area contributed by atoms with Crippen molar-refractivity contribution in [2.75, 3.05) is 53.1 Å². The van der Waals surface area contributed by atoms with E-state index in [0.29, 0.717) is 13.2 Å². The number of ether oxygens (including phenoxy) is 2. The molecule has 1 N–H and O–H groups in total. The minimum absolute atomic E-state index is 0.668. The van der Waals surface area contributed by atoms with E-state index in [1.54, 1.807) is 7.11 Å². The SMILES string of the molecule is CCNC(=NCCCCOCCOC)N1CCC(Cc2ccccc2)C1. The number of nitrogens with one attached hydrogen (secondary N) is 1. The van der Waals surface area contributed by atoms with Crippen LogP contribution in [0.2, 0.25) is 0 Å². The third-order valence-electron chi connectivity index (χ3n) is 4.68. The van der Waals surface area contributed by atoms with Crippen LogP contribution < -0.4 is 5.32 Å². The van der Waals surface area contributed by atoms with Crippen LogP contribution in [0.4, 0.5) is 0 Å². The molecule has 0 aliphatic carbocycles. The Balaban J connectivity index is 1.71. The van der Waals surface area contributed by atoms with Crippen LogP contribution in [-0.4, -0.2) is 64.0 Å². The molecule has 0 amide bonds. The predicted molar refractivity (Wildman–Crippen MR) is 108 cm³/mol. The zero-order chi connectivity index (χ0) is 18.5. The van der Waals surface area contributed by atoms with Gasteiger partial charge in [-0.1, -0.05) is 30.3 Å². The highest BCUT2D eigenvalue weighted by Crippen LogP contribution is 2.20. The molecule has 2 rings (SSSR count). The summed E-state index contributed by atoms with van der Waals surface area (Å²) in [6.45, 7) is 8.24. The fourth-order valence-electron chi connectivity index (χ4n) is 3.31. The van der Waals surface area contributed by atoms with E-state index in [0.717, 1.165) is 63.9 Å². The fourth-order valence-corrected chi connectivity index (χ4v) is 3.31. The van der Waals surface area contributed by atoms with Gasteiger partial charge in [0, 0.05) is 39.9 Å². The molecular weight excluding hydrogens is 326 g/mol. The van der Waals surface area contributed by atoms with Crippen molar-refractivity contribution in [1.82, 2.24) is 10.2 Å². The molecule has 5 heteroatoms. The largest absolute Gasteiger partial charge is 0.382 e. The maximum atomic E-state index is 5.50. The highest BCUT2D eigenvalue weighted by atomic mass is 16.5. The lowest BCUT2D eigenvalue weighted by molar-refractivity contribution is 0.0690. The van der Waals surface area contributed by atoms with Crippen LogP contribution in [0, 0.1) is 5.92 Å². The number of aliphatic imine (C=N–C) groups is 1. The molecule has 0 spiro atoms. The van der Waals surface area contributed by atoms with E-state index < -0.39 is 0 Å². The molecule has 1 fully saturated rings. The second-order valence-electron chi connectivity index (χ2n) is 6.84. The molecule has 5 nitrogen and oxygen atoms in total. The zero-order valence-electron chi connectivity index (χ0n) is 16.5. The highest BCUT2D eigenvalue weighted by Gasteiger charge is 2.24. The third-order valence-corrected chi connectivity index (χ3v) is 4.68. The Morgan fingerprint density at radius 1 is 1.19 bits per heavy atom. The Kier molecular flexibility index (Phi) is 10.1. The molecule has 1 heterocycles. The van der Waals surface area contributed by atoms with Gasteiger partial charge >= 0.3 is 0 Å². The van der Waals surface area contributed by atoms with Gasteiger partial charge in [-0.2, -0.15) is 0 Å². The summed E-state index contributed by atoms with van der Waals surface area (Å²) in [6, 6.07) is 10.8. The minimum atomic E-state index is 0.668. The van der Waals surface area contributed by atoms with Crippen molar-refractivity contribution < 1.29 is 9.47 Å². The summed E-state index contributed by atoms with van der Waals surface area (Å²) in [4.78, 5) is 7.24. The van der Waals surface area contributed by atoms with E-state index in [9.17, 15) is 0 Å². The minimum Gasteiger partial charge on any atom is -0.382 e. The van der Waals surface area contributed by atoms with E-state index in [1.165, 1.54) is 12.0 Å². The predicted octanol–water partition coefficient (Wildman–Crippen LogP) is 2.96. The van der Waals surface area contributed by atoms with Gasteiger partial charge in [0.2, 0.25) is 0 Å². The molecule has 146 valence electrons.